The summed E-state index contributed by atoms with van der Waals surface area (Å²) in [7, 11) is -4.29. The number of phosphoric acid groups is 1. The number of hydrogen-bond donors (Lipinski definition) is 1. The lowest BCUT2D eigenvalue weighted by Crippen LogP contribution is -2.29. The maximum atomic E-state index is 12.6. The number of allylic oxidation sites excluding steroid dienone is 6. The highest BCUT2D eigenvalue weighted by atomic mass is 31.2. The van der Waals surface area contributed by atoms with E-state index in [0.29, 0.717) is 12.8 Å². The molecule has 0 aliphatic carbocycles. The highest BCUT2D eigenvalue weighted by Crippen LogP contribution is 2.43. The molecule has 0 fully saturated rings. The van der Waals surface area contributed by atoms with E-state index in [1.165, 1.54) is 122 Å². The van der Waals surface area contributed by atoms with Gasteiger partial charge in [0, 0.05) is 12.8 Å². The maximum absolute atomic E-state index is 12.6. The molecule has 0 aliphatic rings. The van der Waals surface area contributed by atoms with Crippen LogP contribution in [0.15, 0.2) is 36.5 Å². The SMILES string of the molecule is CC/C=C\C/C=C\C/C=C\CCCCCCCC(=O)OC(COC(=O)CCCCCCCCCCCCCCCCCCCCCCCC)COP(=O)(O)OCC. The molecule has 0 aromatic carbocycles. The molecule has 9 heteroatoms. The van der Waals surface area contributed by atoms with E-state index in [4.69, 9.17) is 18.5 Å². The standard InChI is InChI=1S/C48H89O8P/c1-4-7-9-11-13-15-17-19-21-22-23-24-25-26-27-29-30-32-34-36-38-40-42-47(49)53-44-46(45-55-57(51,52)54-6-3)56-48(50)43-41-39-37-35-33-31-28-20-18-16-14-12-10-8-5-2/h8,10,14,16,20,28,46H,4-7,9,11-13,15,17-19,21-27,29-45H2,1-3H3,(H,51,52)/b10-8-,16-14-,28-20-. The van der Waals surface area contributed by atoms with Crippen LogP contribution < -0.4 is 0 Å². The van der Waals surface area contributed by atoms with Crippen LogP contribution in [0, 0.1) is 0 Å². The lowest BCUT2D eigenvalue weighted by Gasteiger charge is -2.19. The smallest absolute Gasteiger partial charge is 0.462 e. The fraction of sp³-hybridized carbons (Fsp3) is 0.833. The average Bonchev–Trinajstić information content (AvgIpc) is 3.19. The van der Waals surface area contributed by atoms with Crippen molar-refractivity contribution in [1.29, 1.82) is 0 Å². The fourth-order valence-electron chi connectivity index (χ4n) is 6.76. The van der Waals surface area contributed by atoms with Crippen LogP contribution in [0.2, 0.25) is 0 Å². The molecule has 0 amide bonds. The summed E-state index contributed by atoms with van der Waals surface area (Å²) in [5.74, 6) is -0.808. The Kier molecular flexibility index (Phi) is 42.5. The van der Waals surface area contributed by atoms with Crippen LogP contribution in [-0.4, -0.2) is 42.8 Å². The predicted octanol–water partition coefficient (Wildman–Crippen LogP) is 15.2. The van der Waals surface area contributed by atoms with E-state index in [9.17, 15) is 19.0 Å². The number of phosphoric ester groups is 1. The maximum Gasteiger partial charge on any atom is 0.472 e. The molecule has 8 nitrogen and oxygen atoms in total. The predicted molar refractivity (Wildman–Crippen MR) is 239 cm³/mol. The molecular formula is C48H89O8P. The van der Waals surface area contributed by atoms with Crippen LogP contribution in [0.5, 0.6) is 0 Å². The fourth-order valence-corrected chi connectivity index (χ4v) is 7.52. The number of carbonyl (C=O) groups is 2. The zero-order chi connectivity index (χ0) is 41.8. The van der Waals surface area contributed by atoms with Gasteiger partial charge < -0.3 is 14.4 Å². The van der Waals surface area contributed by atoms with Crippen LogP contribution in [0.25, 0.3) is 0 Å². The van der Waals surface area contributed by atoms with Crippen LogP contribution in [-0.2, 0) is 32.7 Å². The summed E-state index contributed by atoms with van der Waals surface area (Å²) in [6, 6.07) is 0. The monoisotopic (exact) mass is 825 g/mol. The van der Waals surface area contributed by atoms with Gasteiger partial charge in [-0.25, -0.2) is 4.57 Å². The number of unbranched alkanes of at least 4 members (excludes halogenated alkanes) is 26. The molecule has 0 saturated carbocycles. The summed E-state index contributed by atoms with van der Waals surface area (Å²) in [6.07, 6.45) is 50.7. The van der Waals surface area contributed by atoms with Crippen molar-refractivity contribution in [3.8, 4) is 0 Å². The summed E-state index contributed by atoms with van der Waals surface area (Å²) in [5.41, 5.74) is 0. The first kappa shape index (κ1) is 55.3. The van der Waals surface area contributed by atoms with Crippen LogP contribution in [0.1, 0.15) is 233 Å². The summed E-state index contributed by atoms with van der Waals surface area (Å²) >= 11 is 0. The Labute approximate surface area is 351 Å². The molecule has 0 radical (unpaired) electrons. The van der Waals surface area contributed by atoms with E-state index in [2.05, 4.69) is 50.3 Å². The Morgan fingerprint density at radius 1 is 0.491 bits per heavy atom. The minimum Gasteiger partial charge on any atom is -0.462 e. The van der Waals surface area contributed by atoms with E-state index in [0.717, 1.165) is 70.6 Å². The topological polar surface area (TPSA) is 108 Å². The lowest BCUT2D eigenvalue weighted by molar-refractivity contribution is -0.161. The minimum absolute atomic E-state index is 0.00239. The van der Waals surface area contributed by atoms with Crippen molar-refractivity contribution in [2.24, 2.45) is 0 Å². The van der Waals surface area contributed by atoms with E-state index in [1.54, 1.807) is 6.92 Å². The second kappa shape index (κ2) is 43.8. The van der Waals surface area contributed by atoms with Gasteiger partial charge in [0.25, 0.3) is 0 Å². The summed E-state index contributed by atoms with van der Waals surface area (Å²) < 4.78 is 32.7. The Balaban J connectivity index is 3.97. The van der Waals surface area contributed by atoms with Gasteiger partial charge in [0.05, 0.1) is 13.2 Å². The molecule has 2 unspecified atom stereocenters. The van der Waals surface area contributed by atoms with Crippen LogP contribution in [0.3, 0.4) is 0 Å². The van der Waals surface area contributed by atoms with Gasteiger partial charge in [0.15, 0.2) is 6.10 Å². The molecule has 0 bridgehead atoms. The summed E-state index contributed by atoms with van der Waals surface area (Å²) in [4.78, 5) is 34.8. The van der Waals surface area contributed by atoms with Crippen molar-refractivity contribution in [3.05, 3.63) is 36.5 Å². The zero-order valence-corrected chi connectivity index (χ0v) is 38.1. The number of rotatable bonds is 44. The normalized spacial score (nSPS) is 13.5. The van der Waals surface area contributed by atoms with Gasteiger partial charge >= 0.3 is 19.8 Å². The van der Waals surface area contributed by atoms with Crippen LogP contribution in [0.4, 0.5) is 0 Å². The van der Waals surface area contributed by atoms with Gasteiger partial charge in [0.2, 0.25) is 0 Å². The molecule has 1 N–H and O–H groups in total. The third-order valence-corrected chi connectivity index (χ3v) is 11.3. The number of hydrogen-bond acceptors (Lipinski definition) is 7. The average molecular weight is 825 g/mol. The number of esters is 2. The molecule has 0 aliphatic heterocycles. The Morgan fingerprint density at radius 3 is 1.35 bits per heavy atom. The van der Waals surface area contributed by atoms with E-state index in [-0.39, 0.29) is 25.6 Å². The summed E-state index contributed by atoms with van der Waals surface area (Å²) in [6.45, 7) is 5.38. The van der Waals surface area contributed by atoms with Crippen molar-refractivity contribution >= 4 is 19.8 Å². The highest BCUT2D eigenvalue weighted by Gasteiger charge is 2.25. The highest BCUT2D eigenvalue weighted by molar-refractivity contribution is 7.47. The Bertz CT molecular complexity index is 1030. The molecule has 0 aromatic rings. The minimum atomic E-state index is -4.29. The quantitative estimate of drug-likeness (QED) is 0.0280. The largest absolute Gasteiger partial charge is 0.472 e. The first-order valence-electron chi connectivity index (χ1n) is 23.8. The first-order valence-corrected chi connectivity index (χ1v) is 25.3. The van der Waals surface area contributed by atoms with Crippen LogP contribution >= 0.6 is 7.82 Å². The second-order valence-corrected chi connectivity index (χ2v) is 17.2. The van der Waals surface area contributed by atoms with Gasteiger partial charge in [-0.05, 0) is 51.9 Å². The van der Waals surface area contributed by atoms with E-state index >= 15 is 0 Å². The first-order chi connectivity index (χ1) is 27.8. The molecule has 57 heavy (non-hydrogen) atoms. The van der Waals surface area contributed by atoms with Crippen molar-refractivity contribution < 1.29 is 37.6 Å². The zero-order valence-electron chi connectivity index (χ0n) is 37.2. The molecule has 0 saturated heterocycles. The van der Waals surface area contributed by atoms with Gasteiger partial charge in [-0.2, -0.15) is 0 Å². The molecular weight excluding hydrogens is 735 g/mol. The third kappa shape index (κ3) is 43.7. The molecule has 334 valence electrons. The van der Waals surface area contributed by atoms with Gasteiger partial charge in [-0.1, -0.05) is 204 Å². The molecule has 0 aromatic heterocycles. The van der Waals surface area contributed by atoms with Gasteiger partial charge in [0.1, 0.15) is 6.61 Å². The van der Waals surface area contributed by atoms with Crippen molar-refractivity contribution in [2.45, 2.75) is 239 Å². The van der Waals surface area contributed by atoms with Gasteiger partial charge in [-0.15, -0.1) is 0 Å². The second-order valence-electron chi connectivity index (χ2n) is 15.8. The molecule has 0 rings (SSSR count). The van der Waals surface area contributed by atoms with Gasteiger partial charge in [-0.3, -0.25) is 18.6 Å². The lowest BCUT2D eigenvalue weighted by atomic mass is 10.0. The van der Waals surface area contributed by atoms with E-state index in [1.807, 2.05) is 0 Å². The Hall–Kier alpha value is -1.73. The molecule has 2 atom stereocenters. The summed E-state index contributed by atoms with van der Waals surface area (Å²) in [5, 5.41) is 0. The van der Waals surface area contributed by atoms with Crippen molar-refractivity contribution in [3.63, 3.8) is 0 Å². The molecule has 0 heterocycles. The van der Waals surface area contributed by atoms with Crippen molar-refractivity contribution in [2.75, 3.05) is 19.8 Å². The Morgan fingerprint density at radius 2 is 0.895 bits per heavy atom. The third-order valence-electron chi connectivity index (χ3n) is 10.2. The molecule has 0 spiro atoms. The number of carbonyl (C=O) groups excluding carboxylic acids is 2. The number of ether oxygens (including phenoxy) is 2. The van der Waals surface area contributed by atoms with Crippen molar-refractivity contribution in [1.82, 2.24) is 0 Å². The van der Waals surface area contributed by atoms with E-state index < -0.39 is 26.5 Å².